The third kappa shape index (κ3) is 3.10. The van der Waals surface area contributed by atoms with Crippen molar-refractivity contribution in [2.75, 3.05) is 0 Å². The molecule has 0 aliphatic carbocycles. The molecule has 3 nitrogen and oxygen atoms in total. The number of carbonyl (C=O) groups excluding carboxylic acids is 1. The van der Waals surface area contributed by atoms with Crippen LogP contribution in [-0.4, -0.2) is 10.9 Å². The Kier molecular flexibility index (Phi) is 4.14. The number of aryl methyl sites for hydroxylation is 2. The van der Waals surface area contributed by atoms with Gasteiger partial charge in [-0.3, -0.25) is 4.79 Å². The predicted octanol–water partition coefficient (Wildman–Crippen LogP) is 4.93. The Hall–Kier alpha value is -2.26. The highest BCUT2D eigenvalue weighted by atomic mass is 35.5. The first kappa shape index (κ1) is 15.6. The first-order chi connectivity index (χ1) is 11.0. The number of amides is 1. The van der Waals surface area contributed by atoms with Gasteiger partial charge >= 0.3 is 0 Å². The zero-order valence-corrected chi connectivity index (χ0v) is 14.2. The number of rotatable bonds is 3. The molecule has 118 valence electrons. The third-order valence-electron chi connectivity index (χ3n) is 4.27. The summed E-state index contributed by atoms with van der Waals surface area (Å²) in [5.74, 6) is -0.0855. The first-order valence-electron chi connectivity index (χ1n) is 7.61. The second-order valence-electron chi connectivity index (χ2n) is 5.89. The van der Waals surface area contributed by atoms with E-state index < -0.39 is 0 Å². The van der Waals surface area contributed by atoms with E-state index >= 15 is 0 Å². The molecule has 0 radical (unpaired) electrons. The summed E-state index contributed by atoms with van der Waals surface area (Å²) in [5.41, 5.74) is 5.01. The van der Waals surface area contributed by atoms with Gasteiger partial charge in [-0.2, -0.15) is 0 Å². The molecule has 1 amide bonds. The Balaban J connectivity index is 1.84. The van der Waals surface area contributed by atoms with E-state index in [2.05, 4.69) is 17.2 Å². The fourth-order valence-electron chi connectivity index (χ4n) is 2.74. The van der Waals surface area contributed by atoms with Gasteiger partial charge in [0.25, 0.3) is 5.91 Å². The monoisotopic (exact) mass is 326 g/mol. The summed E-state index contributed by atoms with van der Waals surface area (Å²) in [6.07, 6.45) is 0. The lowest BCUT2D eigenvalue weighted by atomic mass is 10.1. The third-order valence-corrected chi connectivity index (χ3v) is 4.50. The van der Waals surface area contributed by atoms with Gasteiger partial charge in [-0.25, -0.2) is 0 Å². The highest BCUT2D eigenvalue weighted by molar-refractivity contribution is 6.30. The van der Waals surface area contributed by atoms with Crippen LogP contribution in [0.15, 0.2) is 42.5 Å². The SMILES string of the molecule is Cc1[nH]c2ccc(C(=O)N[C@@H](C)c3cccc(Cl)c3)cc2c1C. The van der Waals surface area contributed by atoms with E-state index in [1.807, 2.05) is 56.3 Å². The summed E-state index contributed by atoms with van der Waals surface area (Å²) in [4.78, 5) is 15.8. The van der Waals surface area contributed by atoms with Gasteiger partial charge in [-0.15, -0.1) is 0 Å². The Morgan fingerprint density at radius 1 is 1.17 bits per heavy atom. The number of halogens is 1. The van der Waals surface area contributed by atoms with E-state index in [4.69, 9.17) is 11.6 Å². The number of nitrogens with one attached hydrogen (secondary N) is 2. The lowest BCUT2D eigenvalue weighted by molar-refractivity contribution is 0.0940. The Labute approximate surface area is 140 Å². The van der Waals surface area contributed by atoms with E-state index in [0.29, 0.717) is 10.6 Å². The molecule has 2 aromatic carbocycles. The number of aromatic nitrogens is 1. The number of carbonyl (C=O) groups is 1. The molecular weight excluding hydrogens is 308 g/mol. The van der Waals surface area contributed by atoms with Crippen LogP contribution in [0.1, 0.15) is 40.1 Å². The molecule has 3 aromatic rings. The van der Waals surface area contributed by atoms with E-state index in [9.17, 15) is 4.79 Å². The minimum atomic E-state index is -0.106. The van der Waals surface area contributed by atoms with Gasteiger partial charge in [0, 0.05) is 27.2 Å². The second-order valence-corrected chi connectivity index (χ2v) is 6.32. The van der Waals surface area contributed by atoms with Gasteiger partial charge in [-0.05, 0) is 62.2 Å². The van der Waals surface area contributed by atoms with E-state index in [0.717, 1.165) is 22.2 Å². The summed E-state index contributed by atoms with van der Waals surface area (Å²) in [7, 11) is 0. The normalized spacial score (nSPS) is 12.3. The maximum Gasteiger partial charge on any atom is 0.251 e. The summed E-state index contributed by atoms with van der Waals surface area (Å²) in [5, 5.41) is 4.78. The molecule has 1 heterocycles. The molecule has 2 N–H and O–H groups in total. The molecule has 23 heavy (non-hydrogen) atoms. The summed E-state index contributed by atoms with van der Waals surface area (Å²) in [6, 6.07) is 13.2. The van der Waals surface area contributed by atoms with Crippen LogP contribution in [0.4, 0.5) is 0 Å². The van der Waals surface area contributed by atoms with E-state index in [-0.39, 0.29) is 11.9 Å². The topological polar surface area (TPSA) is 44.9 Å². The summed E-state index contributed by atoms with van der Waals surface area (Å²) < 4.78 is 0. The minimum Gasteiger partial charge on any atom is -0.358 e. The van der Waals surface area contributed by atoms with Crippen LogP contribution in [0.25, 0.3) is 10.9 Å². The molecule has 0 aliphatic heterocycles. The van der Waals surface area contributed by atoms with Crippen LogP contribution >= 0.6 is 11.6 Å². The van der Waals surface area contributed by atoms with Crippen molar-refractivity contribution in [3.63, 3.8) is 0 Å². The molecular formula is C19H19ClN2O. The maximum atomic E-state index is 12.5. The molecule has 0 aliphatic rings. The molecule has 4 heteroatoms. The molecule has 3 rings (SSSR count). The average Bonchev–Trinajstić information content (AvgIpc) is 2.81. The second kappa shape index (κ2) is 6.09. The fraction of sp³-hybridized carbons (Fsp3) is 0.211. The highest BCUT2D eigenvalue weighted by Crippen LogP contribution is 2.23. The van der Waals surface area contributed by atoms with E-state index in [1.54, 1.807) is 0 Å². The standard InChI is InChI=1S/C19H19ClN2O/c1-11-12(2)21-18-8-7-15(10-17(11)18)19(23)22-13(3)14-5-4-6-16(20)9-14/h4-10,13,21H,1-3H3,(H,22,23)/t13-/m0/s1. The minimum absolute atomic E-state index is 0.0855. The van der Waals surface area contributed by atoms with Gasteiger partial charge in [0.2, 0.25) is 0 Å². The smallest absolute Gasteiger partial charge is 0.251 e. The van der Waals surface area contributed by atoms with Crippen molar-refractivity contribution in [3.05, 3.63) is 69.9 Å². The van der Waals surface area contributed by atoms with Crippen molar-refractivity contribution in [2.24, 2.45) is 0 Å². The van der Waals surface area contributed by atoms with Gasteiger partial charge in [0.05, 0.1) is 6.04 Å². The Morgan fingerprint density at radius 2 is 1.96 bits per heavy atom. The van der Waals surface area contributed by atoms with Crippen LogP contribution < -0.4 is 5.32 Å². The Morgan fingerprint density at radius 3 is 2.70 bits per heavy atom. The van der Waals surface area contributed by atoms with Crippen molar-refractivity contribution < 1.29 is 4.79 Å². The molecule has 0 unspecified atom stereocenters. The molecule has 1 atom stereocenters. The van der Waals surface area contributed by atoms with E-state index in [1.165, 1.54) is 5.56 Å². The predicted molar refractivity (Wildman–Crippen MR) is 95.1 cm³/mol. The van der Waals surface area contributed by atoms with Crippen LogP contribution in [0.2, 0.25) is 5.02 Å². The maximum absolute atomic E-state index is 12.5. The molecule has 0 saturated heterocycles. The van der Waals surface area contributed by atoms with Crippen LogP contribution in [-0.2, 0) is 0 Å². The number of fused-ring (bicyclic) bond motifs is 1. The zero-order chi connectivity index (χ0) is 16.6. The van der Waals surface area contributed by atoms with Gasteiger partial charge in [0.15, 0.2) is 0 Å². The summed E-state index contributed by atoms with van der Waals surface area (Å²) in [6.45, 7) is 6.05. The largest absolute Gasteiger partial charge is 0.358 e. The quantitative estimate of drug-likeness (QED) is 0.704. The number of H-pyrrole nitrogens is 1. The number of benzene rings is 2. The van der Waals surface area contributed by atoms with Crippen LogP contribution in [0.3, 0.4) is 0 Å². The van der Waals surface area contributed by atoms with Gasteiger partial charge in [0.1, 0.15) is 0 Å². The number of hydrogen-bond donors (Lipinski definition) is 2. The highest BCUT2D eigenvalue weighted by Gasteiger charge is 2.13. The zero-order valence-electron chi connectivity index (χ0n) is 13.4. The first-order valence-corrected chi connectivity index (χ1v) is 7.99. The molecule has 1 aromatic heterocycles. The molecule has 0 fully saturated rings. The fourth-order valence-corrected chi connectivity index (χ4v) is 2.94. The van der Waals surface area contributed by atoms with Crippen molar-refractivity contribution in [2.45, 2.75) is 26.8 Å². The van der Waals surface area contributed by atoms with Crippen LogP contribution in [0.5, 0.6) is 0 Å². The van der Waals surface area contributed by atoms with Gasteiger partial charge < -0.3 is 10.3 Å². The van der Waals surface area contributed by atoms with Crippen molar-refractivity contribution >= 4 is 28.4 Å². The summed E-state index contributed by atoms with van der Waals surface area (Å²) >= 11 is 6.01. The van der Waals surface area contributed by atoms with Crippen molar-refractivity contribution in [1.82, 2.24) is 10.3 Å². The van der Waals surface area contributed by atoms with Gasteiger partial charge in [-0.1, -0.05) is 23.7 Å². The number of hydrogen-bond acceptors (Lipinski definition) is 1. The molecule has 0 saturated carbocycles. The van der Waals surface area contributed by atoms with Crippen LogP contribution in [0, 0.1) is 13.8 Å². The van der Waals surface area contributed by atoms with Crippen molar-refractivity contribution in [3.8, 4) is 0 Å². The lowest BCUT2D eigenvalue weighted by Gasteiger charge is -2.14. The van der Waals surface area contributed by atoms with Crippen molar-refractivity contribution in [1.29, 1.82) is 0 Å². The Bertz CT molecular complexity index is 882. The average molecular weight is 327 g/mol. The number of aromatic amines is 1. The lowest BCUT2D eigenvalue weighted by Crippen LogP contribution is -2.26. The molecule has 0 spiro atoms. The molecule has 0 bridgehead atoms.